The van der Waals surface area contributed by atoms with Gasteiger partial charge in [0.05, 0.1) is 5.60 Å². The summed E-state index contributed by atoms with van der Waals surface area (Å²) in [5.41, 5.74) is 1.04. The quantitative estimate of drug-likeness (QED) is 0.872. The maximum atomic E-state index is 12.1. The van der Waals surface area contributed by atoms with Crippen molar-refractivity contribution in [2.45, 2.75) is 59.0 Å². The minimum atomic E-state index is -0.866. The lowest BCUT2D eigenvalue weighted by Gasteiger charge is -2.25. The van der Waals surface area contributed by atoms with Gasteiger partial charge < -0.3 is 10.4 Å². The van der Waals surface area contributed by atoms with Gasteiger partial charge in [0.15, 0.2) is 0 Å². The SMILES string of the molecule is CC(C)CC(C)(O)CNC(=O)c1ccc(C(C)(C)C)cc1. The van der Waals surface area contributed by atoms with E-state index in [0.717, 1.165) is 0 Å². The summed E-state index contributed by atoms with van der Waals surface area (Å²) in [5, 5.41) is 13.0. The molecule has 0 aromatic heterocycles. The summed E-state index contributed by atoms with van der Waals surface area (Å²) in [6.45, 7) is 12.6. The molecule has 0 spiro atoms. The highest BCUT2D eigenvalue weighted by Gasteiger charge is 2.23. The van der Waals surface area contributed by atoms with Gasteiger partial charge in [-0.3, -0.25) is 4.79 Å². The summed E-state index contributed by atoms with van der Waals surface area (Å²) in [7, 11) is 0. The molecule has 0 fully saturated rings. The highest BCUT2D eigenvalue weighted by molar-refractivity contribution is 5.94. The molecule has 1 amide bonds. The fraction of sp³-hybridized carbons (Fsp3) is 0.611. The van der Waals surface area contributed by atoms with Crippen LogP contribution in [-0.2, 0) is 5.41 Å². The van der Waals surface area contributed by atoms with Gasteiger partial charge in [-0.05, 0) is 42.4 Å². The van der Waals surface area contributed by atoms with E-state index in [9.17, 15) is 9.90 Å². The van der Waals surface area contributed by atoms with Gasteiger partial charge in [0.25, 0.3) is 5.91 Å². The highest BCUT2D eigenvalue weighted by Crippen LogP contribution is 2.22. The summed E-state index contributed by atoms with van der Waals surface area (Å²) >= 11 is 0. The van der Waals surface area contributed by atoms with E-state index < -0.39 is 5.60 Å². The molecular formula is C18H29NO2. The van der Waals surface area contributed by atoms with Gasteiger partial charge in [-0.15, -0.1) is 0 Å². The third-order valence-electron chi connectivity index (χ3n) is 3.49. The van der Waals surface area contributed by atoms with Crippen LogP contribution in [0.3, 0.4) is 0 Å². The van der Waals surface area contributed by atoms with Crippen molar-refractivity contribution in [3.05, 3.63) is 35.4 Å². The number of carbonyl (C=O) groups is 1. The van der Waals surface area contributed by atoms with Crippen LogP contribution in [0.25, 0.3) is 0 Å². The standard InChI is InChI=1S/C18H29NO2/c1-13(2)11-18(6,21)12-19-16(20)14-7-9-15(10-8-14)17(3,4)5/h7-10,13,21H,11-12H2,1-6H3,(H,19,20). The maximum absolute atomic E-state index is 12.1. The number of hydrogen-bond acceptors (Lipinski definition) is 2. The zero-order valence-corrected chi connectivity index (χ0v) is 14.2. The molecule has 0 aliphatic carbocycles. The van der Waals surface area contributed by atoms with Crippen molar-refractivity contribution in [1.29, 1.82) is 0 Å². The predicted molar refractivity (Wildman–Crippen MR) is 87.6 cm³/mol. The lowest BCUT2D eigenvalue weighted by Crippen LogP contribution is -2.41. The zero-order chi connectivity index (χ0) is 16.3. The second-order valence-corrected chi connectivity index (χ2v) is 7.60. The Morgan fingerprint density at radius 3 is 2.10 bits per heavy atom. The van der Waals surface area contributed by atoms with E-state index in [2.05, 4.69) is 39.9 Å². The number of hydrogen-bond donors (Lipinski definition) is 2. The molecule has 0 heterocycles. The third-order valence-corrected chi connectivity index (χ3v) is 3.49. The number of carbonyl (C=O) groups excluding carboxylic acids is 1. The second kappa shape index (κ2) is 6.61. The van der Waals surface area contributed by atoms with Crippen LogP contribution < -0.4 is 5.32 Å². The van der Waals surface area contributed by atoms with Gasteiger partial charge in [0, 0.05) is 12.1 Å². The molecule has 0 saturated carbocycles. The molecule has 1 aromatic rings. The average molecular weight is 291 g/mol. The van der Waals surface area contributed by atoms with Gasteiger partial charge in [0.1, 0.15) is 0 Å². The first-order valence-electron chi connectivity index (χ1n) is 7.62. The van der Waals surface area contributed by atoms with Gasteiger partial charge >= 0.3 is 0 Å². The van der Waals surface area contributed by atoms with Crippen molar-refractivity contribution in [1.82, 2.24) is 5.32 Å². The molecule has 118 valence electrons. The summed E-state index contributed by atoms with van der Waals surface area (Å²) < 4.78 is 0. The molecular weight excluding hydrogens is 262 g/mol. The van der Waals surface area contributed by atoms with Crippen molar-refractivity contribution in [2.75, 3.05) is 6.54 Å². The number of nitrogens with one attached hydrogen (secondary N) is 1. The van der Waals surface area contributed by atoms with E-state index >= 15 is 0 Å². The predicted octanol–water partition coefficient (Wildman–Crippen LogP) is 3.51. The Hall–Kier alpha value is -1.35. The molecule has 0 aliphatic heterocycles. The lowest BCUT2D eigenvalue weighted by molar-refractivity contribution is 0.0368. The first-order chi connectivity index (χ1) is 9.51. The minimum absolute atomic E-state index is 0.0793. The fourth-order valence-corrected chi connectivity index (χ4v) is 2.45. The van der Waals surface area contributed by atoms with Crippen LogP contribution in [0.5, 0.6) is 0 Å². The monoisotopic (exact) mass is 291 g/mol. The molecule has 21 heavy (non-hydrogen) atoms. The Labute approximate surface area is 128 Å². The Bertz CT molecular complexity index is 467. The molecule has 0 aliphatic rings. The average Bonchev–Trinajstić information content (AvgIpc) is 2.33. The molecule has 0 saturated heterocycles. The summed E-state index contributed by atoms with van der Waals surface area (Å²) in [6, 6.07) is 7.66. The Morgan fingerprint density at radius 1 is 1.14 bits per heavy atom. The lowest BCUT2D eigenvalue weighted by atomic mass is 9.86. The maximum Gasteiger partial charge on any atom is 0.251 e. The van der Waals surface area contributed by atoms with Crippen LogP contribution in [0.4, 0.5) is 0 Å². The Morgan fingerprint density at radius 2 is 1.67 bits per heavy atom. The van der Waals surface area contributed by atoms with Gasteiger partial charge in [-0.2, -0.15) is 0 Å². The van der Waals surface area contributed by atoms with Crippen molar-refractivity contribution < 1.29 is 9.90 Å². The number of aliphatic hydroxyl groups is 1. The summed E-state index contributed by atoms with van der Waals surface area (Å²) in [5.74, 6) is 0.252. The van der Waals surface area contributed by atoms with E-state index in [1.807, 2.05) is 24.3 Å². The molecule has 1 aromatic carbocycles. The van der Waals surface area contributed by atoms with E-state index in [4.69, 9.17) is 0 Å². The zero-order valence-electron chi connectivity index (χ0n) is 14.2. The first kappa shape index (κ1) is 17.7. The van der Waals surface area contributed by atoms with E-state index in [0.29, 0.717) is 17.9 Å². The van der Waals surface area contributed by atoms with Crippen molar-refractivity contribution in [2.24, 2.45) is 5.92 Å². The van der Waals surface area contributed by atoms with Crippen LogP contribution in [-0.4, -0.2) is 23.2 Å². The smallest absolute Gasteiger partial charge is 0.251 e. The third kappa shape index (κ3) is 5.88. The van der Waals surface area contributed by atoms with Crippen LogP contribution in [0, 0.1) is 5.92 Å². The molecule has 0 bridgehead atoms. The highest BCUT2D eigenvalue weighted by atomic mass is 16.3. The molecule has 3 nitrogen and oxygen atoms in total. The Kier molecular flexibility index (Phi) is 5.57. The van der Waals surface area contributed by atoms with Crippen molar-refractivity contribution >= 4 is 5.91 Å². The number of amides is 1. The number of benzene rings is 1. The number of rotatable bonds is 5. The normalized spacial score (nSPS) is 14.9. The molecule has 0 radical (unpaired) electrons. The second-order valence-electron chi connectivity index (χ2n) is 7.60. The van der Waals surface area contributed by atoms with Gasteiger partial charge in [0.2, 0.25) is 0 Å². The molecule has 2 N–H and O–H groups in total. The summed E-state index contributed by atoms with van der Waals surface area (Å²) in [6.07, 6.45) is 0.663. The van der Waals surface area contributed by atoms with Crippen LogP contribution >= 0.6 is 0 Å². The van der Waals surface area contributed by atoms with Crippen LogP contribution in [0.2, 0.25) is 0 Å². The van der Waals surface area contributed by atoms with Crippen molar-refractivity contribution in [3.63, 3.8) is 0 Å². The van der Waals surface area contributed by atoms with Crippen LogP contribution in [0.15, 0.2) is 24.3 Å². The van der Waals surface area contributed by atoms with Crippen molar-refractivity contribution in [3.8, 4) is 0 Å². The van der Waals surface area contributed by atoms with Gasteiger partial charge in [-0.25, -0.2) is 0 Å². The van der Waals surface area contributed by atoms with E-state index in [1.54, 1.807) is 6.92 Å². The first-order valence-corrected chi connectivity index (χ1v) is 7.62. The van der Waals surface area contributed by atoms with E-state index in [1.165, 1.54) is 5.56 Å². The van der Waals surface area contributed by atoms with Gasteiger partial charge in [-0.1, -0.05) is 46.8 Å². The minimum Gasteiger partial charge on any atom is -0.388 e. The van der Waals surface area contributed by atoms with Crippen LogP contribution in [0.1, 0.15) is 63.9 Å². The van der Waals surface area contributed by atoms with E-state index in [-0.39, 0.29) is 17.9 Å². The molecule has 1 atom stereocenters. The molecule has 3 heteroatoms. The fourth-order valence-electron chi connectivity index (χ4n) is 2.45. The molecule has 1 unspecified atom stereocenters. The summed E-state index contributed by atoms with van der Waals surface area (Å²) in [4.78, 5) is 12.1. The Balaban J connectivity index is 2.64. The molecule has 1 rings (SSSR count). The topological polar surface area (TPSA) is 49.3 Å². The largest absolute Gasteiger partial charge is 0.388 e.